The van der Waals surface area contributed by atoms with Crippen molar-refractivity contribution in [3.8, 4) is 0 Å². The maximum absolute atomic E-state index is 8.74. The van der Waals surface area contributed by atoms with Gasteiger partial charge in [-0.3, -0.25) is 4.57 Å². The van der Waals surface area contributed by atoms with Gasteiger partial charge in [0.1, 0.15) is 0 Å². The zero-order valence-electron chi connectivity index (χ0n) is 13.2. The molecule has 0 radical (unpaired) electrons. The lowest BCUT2D eigenvalue weighted by Crippen LogP contribution is -1.96. The monoisotopic (exact) mass is 372 g/mol. The normalized spacial score (nSPS) is 10.8. The molecule has 0 aliphatic rings. The molecule has 0 fully saturated rings. The van der Waals surface area contributed by atoms with Crippen LogP contribution in [0.1, 0.15) is 84.5 Å². The molecule has 0 rings (SSSR count). The second-order valence-electron chi connectivity index (χ2n) is 5.27. The van der Waals surface area contributed by atoms with Crippen molar-refractivity contribution in [2.24, 2.45) is 5.92 Å². The summed E-state index contributed by atoms with van der Waals surface area (Å²) >= 11 is 3.48. The molecule has 0 spiro atoms. The Bertz CT molecular complexity index is 196. The van der Waals surface area contributed by atoms with Crippen molar-refractivity contribution < 1.29 is 14.4 Å². The number of alkyl halides is 1. The van der Waals surface area contributed by atoms with Gasteiger partial charge in [-0.15, -0.1) is 0 Å². The van der Waals surface area contributed by atoms with Crippen molar-refractivity contribution in [3.63, 3.8) is 0 Å². The molecule has 0 aromatic rings. The van der Waals surface area contributed by atoms with E-state index in [1.807, 2.05) is 0 Å². The Morgan fingerprint density at radius 3 is 1.55 bits per heavy atom. The maximum atomic E-state index is 8.74. The van der Waals surface area contributed by atoms with Crippen LogP contribution in [0, 0.1) is 5.92 Å². The minimum Gasteiger partial charge on any atom is -0.326 e. The highest BCUT2D eigenvalue weighted by Gasteiger charge is 2.02. The highest BCUT2D eigenvalue weighted by molar-refractivity contribution is 9.09. The van der Waals surface area contributed by atoms with Gasteiger partial charge in [0.05, 0.1) is 0 Å². The van der Waals surface area contributed by atoms with Crippen molar-refractivity contribution >= 4 is 24.2 Å². The number of hydrogen-bond donors (Lipinski definition) is 2. The van der Waals surface area contributed by atoms with Crippen LogP contribution in [0.5, 0.6) is 0 Å². The van der Waals surface area contributed by atoms with Crippen LogP contribution in [0.4, 0.5) is 0 Å². The number of halogens is 1. The first kappa shape index (κ1) is 22.9. The predicted octanol–water partition coefficient (Wildman–Crippen LogP) is 5.69. The van der Waals surface area contributed by atoms with E-state index in [-0.39, 0.29) is 0 Å². The van der Waals surface area contributed by atoms with Crippen LogP contribution in [0.15, 0.2) is 0 Å². The lowest BCUT2D eigenvalue weighted by Gasteiger charge is -2.11. The first-order chi connectivity index (χ1) is 9.58. The third kappa shape index (κ3) is 23.7. The molecular weight excluding hydrogens is 339 g/mol. The van der Waals surface area contributed by atoms with Gasteiger partial charge in [0, 0.05) is 5.33 Å². The van der Waals surface area contributed by atoms with Crippen LogP contribution in [0.2, 0.25) is 0 Å². The molecule has 2 N–H and O–H groups in total. The molecule has 0 amide bonds. The summed E-state index contributed by atoms with van der Waals surface area (Å²) in [5.41, 5.74) is 0. The molecule has 3 nitrogen and oxygen atoms in total. The Labute approximate surface area is 134 Å². The van der Waals surface area contributed by atoms with Gasteiger partial charge >= 0.3 is 8.25 Å². The lowest BCUT2D eigenvalue weighted by molar-refractivity contribution is 0.405. The first-order valence-electron chi connectivity index (χ1n) is 8.06. The predicted molar refractivity (Wildman–Crippen MR) is 92.9 cm³/mol. The van der Waals surface area contributed by atoms with Gasteiger partial charge in [0.15, 0.2) is 0 Å². The summed E-state index contributed by atoms with van der Waals surface area (Å²) in [6.07, 6.45) is 15.8. The Morgan fingerprint density at radius 1 is 0.850 bits per heavy atom. The molecule has 0 heterocycles. The average molecular weight is 373 g/mol. The average Bonchev–Trinajstić information content (AvgIpc) is 2.40. The van der Waals surface area contributed by atoms with Crippen molar-refractivity contribution in [1.29, 1.82) is 0 Å². The van der Waals surface area contributed by atoms with E-state index in [0.29, 0.717) is 0 Å². The van der Waals surface area contributed by atoms with Gasteiger partial charge < -0.3 is 9.79 Å². The second kappa shape index (κ2) is 19.6. The fraction of sp³-hybridized carbons (Fsp3) is 1.00. The summed E-state index contributed by atoms with van der Waals surface area (Å²) in [4.78, 5) is 14.3. The van der Waals surface area contributed by atoms with Crippen LogP contribution >= 0.6 is 24.2 Å². The van der Waals surface area contributed by atoms with Crippen molar-refractivity contribution in [1.82, 2.24) is 0 Å². The molecular formula is C15H34BrO3P. The molecule has 0 saturated carbocycles. The maximum Gasteiger partial charge on any atom is 0.314 e. The van der Waals surface area contributed by atoms with Crippen molar-refractivity contribution in [2.45, 2.75) is 84.5 Å². The van der Waals surface area contributed by atoms with Crippen LogP contribution in [-0.2, 0) is 4.57 Å². The molecule has 0 atom stereocenters. The van der Waals surface area contributed by atoms with Crippen molar-refractivity contribution in [2.75, 3.05) is 5.33 Å². The zero-order chi connectivity index (χ0) is 15.6. The SMILES string of the molecule is CCC(CC)CCCCCCCCCCBr.O=[PH](O)O. The zero-order valence-corrected chi connectivity index (χ0v) is 15.8. The van der Waals surface area contributed by atoms with E-state index in [4.69, 9.17) is 14.4 Å². The van der Waals surface area contributed by atoms with E-state index in [9.17, 15) is 0 Å². The summed E-state index contributed by atoms with van der Waals surface area (Å²) in [7, 11) is -3.13. The summed E-state index contributed by atoms with van der Waals surface area (Å²) in [5.74, 6) is 0.999. The second-order valence-corrected chi connectivity index (χ2v) is 6.63. The Kier molecular flexibility index (Phi) is 22.5. The molecule has 0 aromatic heterocycles. The van der Waals surface area contributed by atoms with Crippen LogP contribution in [-0.4, -0.2) is 15.1 Å². The van der Waals surface area contributed by atoms with Gasteiger partial charge in [0.2, 0.25) is 0 Å². The molecule has 0 bridgehead atoms. The van der Waals surface area contributed by atoms with Gasteiger partial charge in [-0.25, -0.2) is 0 Å². The van der Waals surface area contributed by atoms with E-state index in [0.717, 1.165) is 5.92 Å². The lowest BCUT2D eigenvalue weighted by atomic mass is 9.95. The van der Waals surface area contributed by atoms with Crippen molar-refractivity contribution in [3.05, 3.63) is 0 Å². The van der Waals surface area contributed by atoms with E-state index in [1.165, 1.54) is 76.0 Å². The molecule has 5 heteroatoms. The van der Waals surface area contributed by atoms with Gasteiger partial charge in [-0.05, 0) is 12.3 Å². The quantitative estimate of drug-likeness (QED) is 0.263. The van der Waals surface area contributed by atoms with E-state index < -0.39 is 8.25 Å². The third-order valence-electron chi connectivity index (χ3n) is 3.65. The number of hydrogen-bond acceptors (Lipinski definition) is 1. The highest BCUT2D eigenvalue weighted by atomic mass is 79.9. The Balaban J connectivity index is 0. The summed E-state index contributed by atoms with van der Waals surface area (Å²) in [5, 5.41) is 1.18. The van der Waals surface area contributed by atoms with Crippen LogP contribution in [0.25, 0.3) is 0 Å². The van der Waals surface area contributed by atoms with Gasteiger partial charge in [-0.1, -0.05) is 94.0 Å². The Morgan fingerprint density at radius 2 is 1.20 bits per heavy atom. The fourth-order valence-corrected chi connectivity index (χ4v) is 2.68. The smallest absolute Gasteiger partial charge is 0.314 e. The summed E-state index contributed by atoms with van der Waals surface area (Å²) in [6.45, 7) is 4.66. The van der Waals surface area contributed by atoms with E-state index >= 15 is 0 Å². The first-order valence-corrected chi connectivity index (χ1v) is 10.5. The number of rotatable bonds is 12. The molecule has 0 aliphatic carbocycles. The molecule has 124 valence electrons. The molecule has 0 saturated heterocycles. The standard InChI is InChI=1S/C15H31Br.H3O3P/c1-3-15(4-2)13-11-9-7-5-6-8-10-12-14-16;1-4(2)3/h15H,3-14H2,1-2H3;4H,(H2,1,2,3). The third-order valence-corrected chi connectivity index (χ3v) is 4.21. The summed E-state index contributed by atoms with van der Waals surface area (Å²) < 4.78 is 8.74. The topological polar surface area (TPSA) is 57.5 Å². The largest absolute Gasteiger partial charge is 0.326 e. The molecule has 0 aromatic carbocycles. The molecule has 0 aliphatic heterocycles. The van der Waals surface area contributed by atoms with Gasteiger partial charge in [-0.2, -0.15) is 0 Å². The van der Waals surface area contributed by atoms with Crippen LogP contribution < -0.4 is 0 Å². The fourth-order valence-electron chi connectivity index (χ4n) is 2.29. The van der Waals surface area contributed by atoms with E-state index in [2.05, 4.69) is 29.8 Å². The minimum absolute atomic E-state index is 0.999. The van der Waals surface area contributed by atoms with E-state index in [1.54, 1.807) is 0 Å². The number of unbranched alkanes of at least 4 members (excludes halogenated alkanes) is 7. The highest BCUT2D eigenvalue weighted by Crippen LogP contribution is 2.17. The molecule has 20 heavy (non-hydrogen) atoms. The van der Waals surface area contributed by atoms with Gasteiger partial charge in [0.25, 0.3) is 0 Å². The Hall–Kier alpha value is 0.630. The molecule has 0 unspecified atom stereocenters. The van der Waals surface area contributed by atoms with Crippen LogP contribution in [0.3, 0.4) is 0 Å². The minimum atomic E-state index is -3.13. The summed E-state index contributed by atoms with van der Waals surface area (Å²) in [6, 6.07) is 0.